The molecule has 10 heteroatoms. The Morgan fingerprint density at radius 1 is 1.21 bits per heavy atom. The highest BCUT2D eigenvalue weighted by Gasteiger charge is 2.31. The number of hydrogen-bond donors (Lipinski definition) is 0. The van der Waals surface area contributed by atoms with Gasteiger partial charge in [0.15, 0.2) is 16.8 Å². The van der Waals surface area contributed by atoms with Gasteiger partial charge in [0.2, 0.25) is 5.91 Å². The smallest absolute Gasteiger partial charge is 0.257 e. The molecule has 0 spiro atoms. The molecule has 0 aliphatic carbocycles. The van der Waals surface area contributed by atoms with Gasteiger partial charge >= 0.3 is 0 Å². The highest BCUT2D eigenvalue weighted by Crippen LogP contribution is 2.32. The van der Waals surface area contributed by atoms with Crippen molar-refractivity contribution in [1.29, 1.82) is 0 Å². The molecular weight excluding hydrogens is 383 g/mol. The Hall–Kier alpha value is -2.49. The van der Waals surface area contributed by atoms with Crippen molar-refractivity contribution in [2.45, 2.75) is 31.5 Å². The van der Waals surface area contributed by atoms with Crippen molar-refractivity contribution in [2.24, 2.45) is 0 Å². The Kier molecular flexibility index (Phi) is 5.05. The number of fused-ring (bicyclic) bond motifs is 1. The SMILES string of the molecule is Cc1ncnc(N2CCN(C(=O)CC3CSc4ncc(C)c(=O)n43)CC2)c1F. The second-order valence-corrected chi connectivity index (χ2v) is 8.02. The maximum Gasteiger partial charge on any atom is 0.257 e. The molecule has 0 N–H and O–H groups in total. The minimum Gasteiger partial charge on any atom is -0.351 e. The second kappa shape index (κ2) is 7.50. The van der Waals surface area contributed by atoms with Gasteiger partial charge in [-0.25, -0.2) is 19.3 Å². The molecule has 1 saturated heterocycles. The van der Waals surface area contributed by atoms with Gasteiger partial charge in [-0.1, -0.05) is 11.8 Å². The molecule has 2 aromatic rings. The van der Waals surface area contributed by atoms with Crippen molar-refractivity contribution in [3.05, 3.63) is 40.0 Å². The molecular formula is C18H21FN6O2S. The molecule has 4 rings (SSSR count). The quantitative estimate of drug-likeness (QED) is 0.710. The van der Waals surface area contributed by atoms with Crippen LogP contribution in [0.1, 0.15) is 23.7 Å². The van der Waals surface area contributed by atoms with Gasteiger partial charge in [0, 0.05) is 50.1 Å². The molecule has 0 bridgehead atoms. The van der Waals surface area contributed by atoms with E-state index in [-0.39, 0.29) is 29.7 Å². The molecule has 1 unspecified atom stereocenters. The lowest BCUT2D eigenvalue weighted by Gasteiger charge is -2.36. The zero-order chi connectivity index (χ0) is 19.8. The zero-order valence-electron chi connectivity index (χ0n) is 15.8. The zero-order valence-corrected chi connectivity index (χ0v) is 16.6. The summed E-state index contributed by atoms with van der Waals surface area (Å²) in [6.07, 6.45) is 3.21. The molecule has 1 fully saturated rings. The van der Waals surface area contributed by atoms with Gasteiger partial charge in [-0.05, 0) is 13.8 Å². The molecule has 2 aliphatic heterocycles. The molecule has 0 aromatic carbocycles. The van der Waals surface area contributed by atoms with Crippen molar-refractivity contribution in [1.82, 2.24) is 24.4 Å². The maximum absolute atomic E-state index is 14.2. The van der Waals surface area contributed by atoms with Crippen LogP contribution < -0.4 is 10.5 Å². The Morgan fingerprint density at radius 3 is 2.71 bits per heavy atom. The molecule has 2 aromatic heterocycles. The van der Waals surface area contributed by atoms with Crippen LogP contribution in [0.2, 0.25) is 0 Å². The van der Waals surface area contributed by atoms with Crippen LogP contribution in [-0.4, -0.2) is 62.3 Å². The van der Waals surface area contributed by atoms with Crippen molar-refractivity contribution < 1.29 is 9.18 Å². The largest absolute Gasteiger partial charge is 0.351 e. The van der Waals surface area contributed by atoms with Gasteiger partial charge in [0.05, 0.1) is 11.7 Å². The summed E-state index contributed by atoms with van der Waals surface area (Å²) in [5.41, 5.74) is 0.821. The van der Waals surface area contributed by atoms with E-state index >= 15 is 0 Å². The van der Waals surface area contributed by atoms with E-state index in [4.69, 9.17) is 0 Å². The normalized spacial score (nSPS) is 19.0. The highest BCUT2D eigenvalue weighted by atomic mass is 32.2. The summed E-state index contributed by atoms with van der Waals surface area (Å²) < 4.78 is 15.9. The fourth-order valence-corrected chi connectivity index (χ4v) is 4.64. The highest BCUT2D eigenvalue weighted by molar-refractivity contribution is 7.99. The van der Waals surface area contributed by atoms with E-state index in [9.17, 15) is 14.0 Å². The van der Waals surface area contributed by atoms with Crippen LogP contribution in [-0.2, 0) is 4.79 Å². The number of rotatable bonds is 3. The van der Waals surface area contributed by atoms with Gasteiger partial charge < -0.3 is 9.80 Å². The average Bonchev–Trinajstić information content (AvgIpc) is 3.10. The summed E-state index contributed by atoms with van der Waals surface area (Å²) in [6, 6.07) is -0.174. The molecule has 148 valence electrons. The van der Waals surface area contributed by atoms with Crippen LogP contribution >= 0.6 is 11.8 Å². The van der Waals surface area contributed by atoms with Gasteiger partial charge in [0.1, 0.15) is 6.33 Å². The van der Waals surface area contributed by atoms with Crippen molar-refractivity contribution in [3.8, 4) is 0 Å². The lowest BCUT2D eigenvalue weighted by Crippen LogP contribution is -2.49. The first-order valence-corrected chi connectivity index (χ1v) is 10.1. The third-order valence-electron chi connectivity index (χ3n) is 5.19. The number of anilines is 1. The Labute approximate surface area is 165 Å². The van der Waals surface area contributed by atoms with Gasteiger partial charge in [-0.15, -0.1) is 0 Å². The number of thioether (sulfide) groups is 1. The van der Waals surface area contributed by atoms with Crippen LogP contribution in [0.4, 0.5) is 10.2 Å². The summed E-state index contributed by atoms with van der Waals surface area (Å²) in [5, 5.41) is 0.674. The summed E-state index contributed by atoms with van der Waals surface area (Å²) >= 11 is 1.51. The Bertz CT molecular complexity index is 973. The van der Waals surface area contributed by atoms with E-state index in [0.717, 1.165) is 0 Å². The van der Waals surface area contributed by atoms with Crippen LogP contribution in [0.15, 0.2) is 22.5 Å². The van der Waals surface area contributed by atoms with E-state index in [1.165, 1.54) is 18.1 Å². The average molecular weight is 404 g/mol. The number of halogens is 1. The fraction of sp³-hybridized carbons (Fsp3) is 0.500. The van der Waals surface area contributed by atoms with Crippen LogP contribution in [0.25, 0.3) is 0 Å². The lowest BCUT2D eigenvalue weighted by molar-refractivity contribution is -0.132. The number of aromatic nitrogens is 4. The molecule has 8 nitrogen and oxygen atoms in total. The number of amides is 1. The summed E-state index contributed by atoms with van der Waals surface area (Å²) in [6.45, 7) is 5.35. The van der Waals surface area contributed by atoms with E-state index in [0.29, 0.717) is 48.3 Å². The van der Waals surface area contributed by atoms with E-state index in [2.05, 4.69) is 15.0 Å². The number of piperazine rings is 1. The first-order valence-electron chi connectivity index (χ1n) is 9.16. The van der Waals surface area contributed by atoms with E-state index < -0.39 is 5.82 Å². The van der Waals surface area contributed by atoms with Crippen LogP contribution in [0, 0.1) is 19.7 Å². The Balaban J connectivity index is 1.40. The summed E-state index contributed by atoms with van der Waals surface area (Å²) in [7, 11) is 0. The van der Waals surface area contributed by atoms with Gasteiger partial charge in [0.25, 0.3) is 5.56 Å². The predicted octanol–water partition coefficient (Wildman–Crippen LogP) is 1.17. The van der Waals surface area contributed by atoms with Gasteiger partial charge in [-0.2, -0.15) is 0 Å². The molecule has 0 radical (unpaired) electrons. The summed E-state index contributed by atoms with van der Waals surface area (Å²) in [4.78, 5) is 41.0. The first kappa shape index (κ1) is 18.9. The first-order chi connectivity index (χ1) is 13.5. The maximum atomic E-state index is 14.2. The van der Waals surface area contributed by atoms with Gasteiger partial charge in [-0.3, -0.25) is 14.2 Å². The molecule has 0 saturated carbocycles. The molecule has 4 heterocycles. The molecule has 1 atom stereocenters. The molecule has 1 amide bonds. The third kappa shape index (κ3) is 3.36. The second-order valence-electron chi connectivity index (χ2n) is 7.03. The fourth-order valence-electron chi connectivity index (χ4n) is 3.53. The van der Waals surface area contributed by atoms with Crippen LogP contribution in [0.3, 0.4) is 0 Å². The number of aryl methyl sites for hydroxylation is 2. The standard InChI is InChI=1S/C18H21FN6O2S/c1-11-8-20-18-25(17(11)27)13(9-28-18)7-14(26)23-3-5-24(6-4-23)16-15(19)12(2)21-10-22-16/h8,10,13H,3-7,9H2,1-2H3. The number of nitrogens with zero attached hydrogens (tertiary/aromatic N) is 6. The van der Waals surface area contributed by atoms with Crippen molar-refractivity contribution >= 4 is 23.5 Å². The van der Waals surface area contributed by atoms with Crippen molar-refractivity contribution in [2.75, 3.05) is 36.8 Å². The molecule has 28 heavy (non-hydrogen) atoms. The van der Waals surface area contributed by atoms with E-state index in [1.54, 1.807) is 29.5 Å². The van der Waals surface area contributed by atoms with E-state index in [1.807, 2.05) is 4.90 Å². The number of carbonyl (C=O) groups is 1. The van der Waals surface area contributed by atoms with Crippen molar-refractivity contribution in [3.63, 3.8) is 0 Å². The third-order valence-corrected chi connectivity index (χ3v) is 6.30. The topological polar surface area (TPSA) is 84.2 Å². The number of carbonyl (C=O) groups excluding carboxylic acids is 1. The monoisotopic (exact) mass is 404 g/mol. The lowest BCUT2D eigenvalue weighted by atomic mass is 10.2. The molecule has 2 aliphatic rings. The minimum atomic E-state index is -0.413. The Morgan fingerprint density at radius 2 is 1.96 bits per heavy atom. The minimum absolute atomic E-state index is 0.00541. The summed E-state index contributed by atoms with van der Waals surface area (Å²) in [5.74, 6) is 0.548. The van der Waals surface area contributed by atoms with Crippen LogP contribution in [0.5, 0.6) is 0 Å². The number of hydrogen-bond acceptors (Lipinski definition) is 7. The predicted molar refractivity (Wildman–Crippen MR) is 103 cm³/mol.